The summed E-state index contributed by atoms with van der Waals surface area (Å²) in [5, 5.41) is 8.80. The third kappa shape index (κ3) is 7.32. The summed E-state index contributed by atoms with van der Waals surface area (Å²) in [5.74, 6) is -0.681. The van der Waals surface area contributed by atoms with Gasteiger partial charge in [-0.3, -0.25) is 4.79 Å². The molecule has 76 valence electrons. The van der Waals surface area contributed by atoms with Gasteiger partial charge < -0.3 is 7.96 Å². The molecule has 0 rings (SSSR count). The predicted octanol–water partition coefficient (Wildman–Crippen LogP) is 2.91. The van der Waals surface area contributed by atoms with Crippen molar-refractivity contribution in [2.75, 3.05) is 0 Å². The van der Waals surface area contributed by atoms with Gasteiger partial charge in [-0.05, 0) is 20.3 Å². The molecule has 2 nitrogen and oxygen atoms in total. The predicted molar refractivity (Wildman–Crippen MR) is 58.2 cm³/mol. The van der Waals surface area contributed by atoms with E-state index in [2.05, 4.69) is 6.92 Å². The average Bonchev–Trinajstić information content (AvgIpc) is 1.98. The van der Waals surface area contributed by atoms with Crippen LogP contribution in [0.25, 0.3) is 0 Å². The molecule has 1 N–H and O–H groups in total. The first-order valence-corrected chi connectivity index (χ1v) is 4.74. The van der Waals surface area contributed by atoms with Crippen molar-refractivity contribution in [3.05, 3.63) is 0 Å². The summed E-state index contributed by atoms with van der Waals surface area (Å²) in [6, 6.07) is 0. The Balaban J connectivity index is -0.000000202. The molecule has 0 aromatic carbocycles. The first kappa shape index (κ1) is 15.7. The van der Waals surface area contributed by atoms with Crippen molar-refractivity contribution in [1.29, 1.82) is 0 Å². The molecule has 0 aliphatic heterocycles. The Morgan fingerprint density at radius 3 is 2.23 bits per heavy atom. The van der Waals surface area contributed by atoms with Crippen LogP contribution in [-0.4, -0.2) is 34.1 Å². The van der Waals surface area contributed by atoms with Gasteiger partial charge in [0.25, 0.3) is 0 Å². The first-order valence-electron chi connectivity index (χ1n) is 4.74. The maximum Gasteiger partial charge on any atom is 2.00 e. The van der Waals surface area contributed by atoms with Gasteiger partial charge in [0.2, 0.25) is 0 Å². The van der Waals surface area contributed by atoms with Gasteiger partial charge in [-0.1, -0.05) is 32.6 Å². The second-order valence-electron chi connectivity index (χ2n) is 4.00. The van der Waals surface area contributed by atoms with Crippen LogP contribution in [0.1, 0.15) is 55.7 Å². The van der Waals surface area contributed by atoms with Gasteiger partial charge in [0, 0.05) is 0 Å². The van der Waals surface area contributed by atoms with Crippen LogP contribution in [0.5, 0.6) is 0 Å². The van der Waals surface area contributed by atoms with Gasteiger partial charge in [0.05, 0.1) is 5.41 Å². The van der Waals surface area contributed by atoms with E-state index < -0.39 is 11.4 Å². The van der Waals surface area contributed by atoms with Gasteiger partial charge in [0.1, 0.15) is 0 Å². The van der Waals surface area contributed by atoms with Gasteiger partial charge in [-0.15, -0.1) is 0 Å². The third-order valence-corrected chi connectivity index (χ3v) is 2.23. The Bertz CT molecular complexity index is 152. The molecule has 13 heavy (non-hydrogen) atoms. The summed E-state index contributed by atoms with van der Waals surface area (Å²) in [6.45, 7) is 5.74. The first-order chi connectivity index (χ1) is 5.50. The second-order valence-corrected chi connectivity index (χ2v) is 4.00. The van der Waals surface area contributed by atoms with Crippen molar-refractivity contribution in [2.24, 2.45) is 5.41 Å². The average molecular weight is 199 g/mol. The smallest absolute Gasteiger partial charge is 1.00 e. The minimum atomic E-state index is -0.681. The molecular formula is C10H22MgO2. The van der Waals surface area contributed by atoms with E-state index in [4.69, 9.17) is 5.11 Å². The van der Waals surface area contributed by atoms with Crippen molar-refractivity contribution in [3.8, 4) is 0 Å². The molecule has 0 aromatic rings. The fourth-order valence-electron chi connectivity index (χ4n) is 1.10. The molecule has 0 fully saturated rings. The molecule has 0 heterocycles. The molecule has 0 radical (unpaired) electrons. The molecule has 0 bridgehead atoms. The van der Waals surface area contributed by atoms with E-state index in [0.717, 1.165) is 19.3 Å². The standard InChI is InChI=1S/C10H20O2.Mg.2H/c1-4-5-6-7-8-10(2,3)9(11)12;;;/h4-8H2,1-3H3,(H,11,12);;;/q;+2;2*-1. The van der Waals surface area contributed by atoms with Crippen molar-refractivity contribution in [2.45, 2.75) is 52.9 Å². The number of carbonyl (C=O) groups is 1. The monoisotopic (exact) mass is 198 g/mol. The molecule has 0 saturated heterocycles. The van der Waals surface area contributed by atoms with Crippen molar-refractivity contribution in [1.82, 2.24) is 0 Å². The van der Waals surface area contributed by atoms with E-state index in [0.29, 0.717) is 0 Å². The fraction of sp³-hybridized carbons (Fsp3) is 0.900. The Morgan fingerprint density at radius 1 is 1.31 bits per heavy atom. The van der Waals surface area contributed by atoms with Crippen LogP contribution in [-0.2, 0) is 4.79 Å². The number of hydrogen-bond donors (Lipinski definition) is 1. The molecule has 0 saturated carbocycles. The Kier molecular flexibility index (Phi) is 9.20. The molecule has 0 unspecified atom stereocenters. The molecule has 0 atom stereocenters. The SMILES string of the molecule is CCCCCCC(C)(C)C(=O)O.[H-].[H-].[Mg+2]. The second kappa shape index (κ2) is 7.62. The van der Waals surface area contributed by atoms with Crippen molar-refractivity contribution >= 4 is 29.0 Å². The van der Waals surface area contributed by atoms with Crippen LogP contribution in [0.3, 0.4) is 0 Å². The fourth-order valence-corrected chi connectivity index (χ4v) is 1.10. The molecule has 0 spiro atoms. The summed E-state index contributed by atoms with van der Waals surface area (Å²) < 4.78 is 0. The van der Waals surface area contributed by atoms with E-state index in [1.807, 2.05) is 0 Å². The van der Waals surface area contributed by atoms with Gasteiger partial charge in [0.15, 0.2) is 0 Å². The Labute approximate surface area is 100 Å². The van der Waals surface area contributed by atoms with E-state index in [-0.39, 0.29) is 25.9 Å². The molecular weight excluding hydrogens is 176 g/mol. The molecule has 0 aliphatic carbocycles. The minimum absolute atomic E-state index is 0. The zero-order chi connectivity index (χ0) is 9.61. The van der Waals surface area contributed by atoms with Crippen molar-refractivity contribution < 1.29 is 12.8 Å². The third-order valence-electron chi connectivity index (χ3n) is 2.23. The van der Waals surface area contributed by atoms with E-state index in [1.165, 1.54) is 12.8 Å². The summed E-state index contributed by atoms with van der Waals surface area (Å²) in [6.07, 6.45) is 5.41. The van der Waals surface area contributed by atoms with Crippen LogP contribution in [0.4, 0.5) is 0 Å². The van der Waals surface area contributed by atoms with Gasteiger partial charge in [-0.2, -0.15) is 0 Å². The molecule has 0 aromatic heterocycles. The zero-order valence-electron chi connectivity index (χ0n) is 11.1. The van der Waals surface area contributed by atoms with Crippen LogP contribution in [0.2, 0.25) is 0 Å². The van der Waals surface area contributed by atoms with Crippen LogP contribution in [0, 0.1) is 5.41 Å². The van der Waals surface area contributed by atoms with Crippen LogP contribution in [0.15, 0.2) is 0 Å². The largest absolute Gasteiger partial charge is 2.00 e. The summed E-state index contributed by atoms with van der Waals surface area (Å²) in [4.78, 5) is 10.7. The number of unbranched alkanes of at least 4 members (excludes halogenated alkanes) is 3. The number of hydrogen-bond acceptors (Lipinski definition) is 1. The maximum atomic E-state index is 10.7. The van der Waals surface area contributed by atoms with E-state index >= 15 is 0 Å². The van der Waals surface area contributed by atoms with Gasteiger partial charge in [-0.25, -0.2) is 0 Å². The minimum Gasteiger partial charge on any atom is -1.00 e. The molecule has 0 aliphatic rings. The maximum absolute atomic E-state index is 10.7. The zero-order valence-corrected chi connectivity index (χ0v) is 10.5. The summed E-state index contributed by atoms with van der Waals surface area (Å²) >= 11 is 0. The Hall–Kier alpha value is 0.236. The van der Waals surface area contributed by atoms with E-state index in [1.54, 1.807) is 13.8 Å². The van der Waals surface area contributed by atoms with E-state index in [9.17, 15) is 4.79 Å². The number of rotatable bonds is 6. The molecule has 3 heteroatoms. The number of carboxylic acid groups (broad SMARTS) is 1. The van der Waals surface area contributed by atoms with Crippen LogP contribution < -0.4 is 0 Å². The van der Waals surface area contributed by atoms with Crippen LogP contribution >= 0.6 is 0 Å². The summed E-state index contributed by atoms with van der Waals surface area (Å²) in [5.41, 5.74) is -0.534. The molecule has 0 amide bonds. The topological polar surface area (TPSA) is 37.3 Å². The normalized spacial score (nSPS) is 10.7. The number of aliphatic carboxylic acids is 1. The summed E-state index contributed by atoms with van der Waals surface area (Å²) in [7, 11) is 0. The number of carboxylic acids is 1. The van der Waals surface area contributed by atoms with Crippen molar-refractivity contribution in [3.63, 3.8) is 0 Å². The Morgan fingerprint density at radius 2 is 1.85 bits per heavy atom. The van der Waals surface area contributed by atoms with Gasteiger partial charge >= 0.3 is 29.0 Å². The quantitative estimate of drug-likeness (QED) is 0.526.